The Bertz CT molecular complexity index is 542. The van der Waals surface area contributed by atoms with E-state index in [2.05, 4.69) is 33.1 Å². The quantitative estimate of drug-likeness (QED) is 0.891. The van der Waals surface area contributed by atoms with Crippen molar-refractivity contribution in [1.82, 2.24) is 20.1 Å². The predicted octanol–water partition coefficient (Wildman–Crippen LogP) is 2.43. The molecule has 0 unspecified atom stereocenters. The highest BCUT2D eigenvalue weighted by molar-refractivity contribution is 5.81. The summed E-state index contributed by atoms with van der Waals surface area (Å²) >= 11 is 0. The molecule has 0 aliphatic carbocycles. The average Bonchev–Trinajstić information content (AvgIpc) is 2.64. The normalized spacial score (nSPS) is 24.2. The van der Waals surface area contributed by atoms with Gasteiger partial charge in [0.05, 0.1) is 11.7 Å². The number of carbonyl (C=O) groups excluding carboxylic acids is 1. The molecule has 5 nitrogen and oxygen atoms in total. The Morgan fingerprint density at radius 1 is 1.24 bits per heavy atom. The van der Waals surface area contributed by atoms with Gasteiger partial charge in [0.25, 0.3) is 0 Å². The van der Waals surface area contributed by atoms with Crippen molar-refractivity contribution in [3.63, 3.8) is 0 Å². The highest BCUT2D eigenvalue weighted by Gasteiger charge is 2.29. The lowest BCUT2D eigenvalue weighted by molar-refractivity contribution is -0.136. The fourth-order valence-corrected chi connectivity index (χ4v) is 4.08. The summed E-state index contributed by atoms with van der Waals surface area (Å²) in [5, 5.41) is 3.59. The standard InChI is InChI=1S/C20H32N4O/c1-16-7-4-6-12-24(16)20(25)17(2)22-18-9-13-23(14-10-18)15-19-8-3-5-11-21-19/h3,5,8,11,16-18,22H,4,6-7,9-10,12-15H2,1-2H3/t16-,17+/m1/s1. The summed E-state index contributed by atoms with van der Waals surface area (Å²) < 4.78 is 0. The van der Waals surface area contributed by atoms with Gasteiger partial charge >= 0.3 is 0 Å². The van der Waals surface area contributed by atoms with Crippen molar-refractivity contribution < 1.29 is 4.79 Å². The van der Waals surface area contributed by atoms with Crippen molar-refractivity contribution in [2.75, 3.05) is 19.6 Å². The minimum absolute atomic E-state index is 0.0760. The van der Waals surface area contributed by atoms with Gasteiger partial charge in [-0.15, -0.1) is 0 Å². The Morgan fingerprint density at radius 2 is 2.04 bits per heavy atom. The molecular weight excluding hydrogens is 312 g/mol. The first kappa shape index (κ1) is 18.3. The maximum Gasteiger partial charge on any atom is 0.239 e. The van der Waals surface area contributed by atoms with Gasteiger partial charge in [-0.2, -0.15) is 0 Å². The Hall–Kier alpha value is -1.46. The number of amides is 1. The first-order chi connectivity index (χ1) is 12.1. The maximum absolute atomic E-state index is 12.7. The van der Waals surface area contributed by atoms with Crippen LogP contribution in [-0.2, 0) is 11.3 Å². The molecule has 2 saturated heterocycles. The average molecular weight is 345 g/mol. The number of pyridine rings is 1. The van der Waals surface area contributed by atoms with Gasteiger partial charge in [0.15, 0.2) is 0 Å². The minimum Gasteiger partial charge on any atom is -0.339 e. The van der Waals surface area contributed by atoms with Crippen LogP contribution in [0, 0.1) is 0 Å². The molecule has 0 aromatic carbocycles. The first-order valence-electron chi connectivity index (χ1n) is 9.82. The molecule has 2 aliphatic heterocycles. The van der Waals surface area contributed by atoms with E-state index in [1.807, 2.05) is 25.3 Å². The molecule has 0 radical (unpaired) electrons. The zero-order valence-electron chi connectivity index (χ0n) is 15.7. The molecule has 2 atom stereocenters. The molecule has 1 amide bonds. The van der Waals surface area contributed by atoms with Crippen LogP contribution in [0.5, 0.6) is 0 Å². The Kier molecular flexibility index (Phi) is 6.43. The summed E-state index contributed by atoms with van der Waals surface area (Å²) in [7, 11) is 0. The Labute approximate surface area is 151 Å². The molecule has 2 aliphatic rings. The molecule has 3 rings (SSSR count). The fourth-order valence-electron chi connectivity index (χ4n) is 4.08. The van der Waals surface area contributed by atoms with Gasteiger partial charge in [-0.25, -0.2) is 0 Å². The summed E-state index contributed by atoms with van der Waals surface area (Å²) in [6.45, 7) is 8.19. The van der Waals surface area contributed by atoms with E-state index in [1.54, 1.807) is 0 Å². The third kappa shape index (κ3) is 5.02. The summed E-state index contributed by atoms with van der Waals surface area (Å²) in [6, 6.07) is 6.86. The van der Waals surface area contributed by atoms with Crippen molar-refractivity contribution in [1.29, 1.82) is 0 Å². The SMILES string of the molecule is C[C@H](NC1CCN(Cc2ccccn2)CC1)C(=O)N1CCCC[C@H]1C. The lowest BCUT2D eigenvalue weighted by Gasteiger charge is -2.37. The van der Waals surface area contributed by atoms with E-state index in [9.17, 15) is 4.79 Å². The van der Waals surface area contributed by atoms with Crippen LogP contribution in [0.2, 0.25) is 0 Å². The first-order valence-corrected chi connectivity index (χ1v) is 9.82. The lowest BCUT2D eigenvalue weighted by Crippen LogP contribution is -2.54. The molecule has 0 spiro atoms. The van der Waals surface area contributed by atoms with E-state index in [-0.39, 0.29) is 11.9 Å². The summed E-state index contributed by atoms with van der Waals surface area (Å²) in [5.41, 5.74) is 1.14. The third-order valence-electron chi connectivity index (χ3n) is 5.64. The number of hydrogen-bond donors (Lipinski definition) is 1. The predicted molar refractivity (Wildman–Crippen MR) is 100 cm³/mol. The number of nitrogens with one attached hydrogen (secondary N) is 1. The maximum atomic E-state index is 12.7. The van der Waals surface area contributed by atoms with Gasteiger partial charge < -0.3 is 10.2 Å². The van der Waals surface area contributed by atoms with E-state index in [4.69, 9.17) is 0 Å². The second kappa shape index (κ2) is 8.77. The van der Waals surface area contributed by atoms with Crippen molar-refractivity contribution >= 4 is 5.91 Å². The molecular formula is C20H32N4O. The summed E-state index contributed by atoms with van der Waals surface area (Å²) in [6.07, 6.45) is 7.60. The van der Waals surface area contributed by atoms with Crippen LogP contribution in [0.4, 0.5) is 0 Å². The van der Waals surface area contributed by atoms with Crippen LogP contribution in [0.15, 0.2) is 24.4 Å². The highest BCUT2D eigenvalue weighted by Crippen LogP contribution is 2.18. The number of hydrogen-bond acceptors (Lipinski definition) is 4. The molecule has 1 aromatic heterocycles. The monoisotopic (exact) mass is 344 g/mol. The third-order valence-corrected chi connectivity index (χ3v) is 5.64. The van der Waals surface area contributed by atoms with Gasteiger partial charge in [0, 0.05) is 44.5 Å². The number of rotatable bonds is 5. The molecule has 138 valence electrons. The van der Waals surface area contributed by atoms with Crippen molar-refractivity contribution in [3.8, 4) is 0 Å². The topological polar surface area (TPSA) is 48.5 Å². The largest absolute Gasteiger partial charge is 0.339 e. The summed E-state index contributed by atoms with van der Waals surface area (Å²) in [4.78, 5) is 21.7. The molecule has 1 aromatic rings. The van der Waals surface area contributed by atoms with Crippen molar-refractivity contribution in [3.05, 3.63) is 30.1 Å². The smallest absolute Gasteiger partial charge is 0.239 e. The number of carbonyl (C=O) groups is 1. The van der Waals surface area contributed by atoms with Gasteiger partial charge in [-0.1, -0.05) is 6.07 Å². The number of likely N-dealkylation sites (tertiary alicyclic amines) is 2. The van der Waals surface area contributed by atoms with E-state index >= 15 is 0 Å². The molecule has 0 saturated carbocycles. The zero-order chi connectivity index (χ0) is 17.6. The second-order valence-corrected chi connectivity index (χ2v) is 7.64. The van der Waals surface area contributed by atoms with Crippen LogP contribution in [0.25, 0.3) is 0 Å². The summed E-state index contributed by atoms with van der Waals surface area (Å²) in [5.74, 6) is 0.281. The van der Waals surface area contributed by atoms with E-state index in [0.717, 1.165) is 57.6 Å². The molecule has 1 N–H and O–H groups in total. The van der Waals surface area contributed by atoms with Crippen LogP contribution >= 0.6 is 0 Å². The van der Waals surface area contributed by atoms with Crippen LogP contribution in [0.1, 0.15) is 51.6 Å². The fraction of sp³-hybridized carbons (Fsp3) is 0.700. The number of nitrogens with zero attached hydrogens (tertiary/aromatic N) is 3. The molecule has 2 fully saturated rings. The van der Waals surface area contributed by atoms with Gasteiger partial charge in [-0.05, 0) is 58.1 Å². The van der Waals surface area contributed by atoms with Gasteiger partial charge in [0.2, 0.25) is 5.91 Å². The second-order valence-electron chi connectivity index (χ2n) is 7.64. The Morgan fingerprint density at radius 3 is 2.72 bits per heavy atom. The van der Waals surface area contributed by atoms with Crippen LogP contribution < -0.4 is 5.32 Å². The molecule has 25 heavy (non-hydrogen) atoms. The van der Waals surface area contributed by atoms with Crippen molar-refractivity contribution in [2.24, 2.45) is 0 Å². The highest BCUT2D eigenvalue weighted by atomic mass is 16.2. The lowest BCUT2D eigenvalue weighted by atomic mass is 10.0. The van der Waals surface area contributed by atoms with Gasteiger partial charge in [0.1, 0.15) is 0 Å². The van der Waals surface area contributed by atoms with Crippen LogP contribution in [-0.4, -0.2) is 58.5 Å². The van der Waals surface area contributed by atoms with Crippen molar-refractivity contribution in [2.45, 2.75) is 70.6 Å². The minimum atomic E-state index is -0.0760. The molecule has 0 bridgehead atoms. The number of piperidine rings is 2. The number of aromatic nitrogens is 1. The van der Waals surface area contributed by atoms with Gasteiger partial charge in [-0.3, -0.25) is 14.7 Å². The molecule has 5 heteroatoms. The Balaban J connectivity index is 1.43. The van der Waals surface area contributed by atoms with E-state index in [1.165, 1.54) is 6.42 Å². The zero-order valence-corrected chi connectivity index (χ0v) is 15.7. The van der Waals surface area contributed by atoms with Crippen LogP contribution in [0.3, 0.4) is 0 Å². The van der Waals surface area contributed by atoms with E-state index in [0.29, 0.717) is 12.1 Å². The molecule has 3 heterocycles. The van der Waals surface area contributed by atoms with E-state index < -0.39 is 0 Å².